The van der Waals surface area contributed by atoms with Crippen LogP contribution in [0.4, 0.5) is 0 Å². The van der Waals surface area contributed by atoms with Crippen molar-refractivity contribution in [1.29, 1.82) is 0 Å². The average Bonchev–Trinajstić information content (AvgIpc) is 2.90. The smallest absolute Gasteiger partial charge is 0.105 e. The number of hydrogen-bond donors (Lipinski definition) is 1. The molecule has 0 radical (unpaired) electrons. The fourth-order valence-electron chi connectivity index (χ4n) is 2.06. The van der Waals surface area contributed by atoms with E-state index in [9.17, 15) is 0 Å². The third-order valence-electron chi connectivity index (χ3n) is 3.02. The Morgan fingerprint density at radius 1 is 1.29 bits per heavy atom. The van der Waals surface area contributed by atoms with E-state index >= 15 is 0 Å². The highest BCUT2D eigenvalue weighted by atomic mass is 32.1. The zero-order valence-corrected chi connectivity index (χ0v) is 11.4. The van der Waals surface area contributed by atoms with Gasteiger partial charge in [-0.2, -0.15) is 0 Å². The van der Waals surface area contributed by atoms with Gasteiger partial charge in [-0.1, -0.05) is 6.92 Å². The van der Waals surface area contributed by atoms with Gasteiger partial charge in [-0.25, -0.2) is 0 Å². The molecular formula is C14H19NOS. The van der Waals surface area contributed by atoms with Crippen LogP contribution in [0.3, 0.4) is 0 Å². The van der Waals surface area contributed by atoms with Crippen molar-refractivity contribution in [3.8, 4) is 0 Å². The van der Waals surface area contributed by atoms with E-state index in [2.05, 4.69) is 36.7 Å². The maximum atomic E-state index is 5.43. The topological polar surface area (TPSA) is 25.2 Å². The third-order valence-corrected chi connectivity index (χ3v) is 3.88. The molecule has 0 aliphatic carbocycles. The molecule has 0 saturated heterocycles. The molecule has 2 heterocycles. The van der Waals surface area contributed by atoms with Crippen molar-refractivity contribution in [2.75, 3.05) is 6.54 Å². The van der Waals surface area contributed by atoms with Gasteiger partial charge in [-0.05, 0) is 49.9 Å². The quantitative estimate of drug-likeness (QED) is 0.865. The van der Waals surface area contributed by atoms with Crippen LogP contribution in [0.1, 0.15) is 41.2 Å². The van der Waals surface area contributed by atoms with Crippen LogP contribution in [-0.4, -0.2) is 6.54 Å². The zero-order chi connectivity index (χ0) is 12.3. The Hall–Kier alpha value is -1.06. The second kappa shape index (κ2) is 5.52. The molecule has 2 rings (SSSR count). The molecule has 0 amide bonds. The Kier molecular flexibility index (Phi) is 4.02. The Morgan fingerprint density at radius 3 is 2.65 bits per heavy atom. The van der Waals surface area contributed by atoms with Gasteiger partial charge in [0.2, 0.25) is 0 Å². The van der Waals surface area contributed by atoms with Gasteiger partial charge in [0.25, 0.3) is 0 Å². The lowest BCUT2D eigenvalue weighted by Gasteiger charge is -2.18. The number of rotatable bonds is 5. The van der Waals surface area contributed by atoms with Crippen LogP contribution in [-0.2, 0) is 0 Å². The molecule has 0 aliphatic heterocycles. The van der Waals surface area contributed by atoms with Crippen molar-refractivity contribution in [2.24, 2.45) is 0 Å². The minimum atomic E-state index is 0.264. The van der Waals surface area contributed by atoms with E-state index in [1.807, 2.05) is 6.92 Å². The molecule has 2 aromatic rings. The summed E-state index contributed by atoms with van der Waals surface area (Å²) in [7, 11) is 0. The number of thiophene rings is 1. The lowest BCUT2D eigenvalue weighted by Crippen LogP contribution is -2.23. The fraction of sp³-hybridized carbons (Fsp3) is 0.429. The Bertz CT molecular complexity index is 432. The van der Waals surface area contributed by atoms with Gasteiger partial charge in [0.15, 0.2) is 0 Å². The van der Waals surface area contributed by atoms with Crippen LogP contribution >= 0.6 is 11.3 Å². The second-order valence-electron chi connectivity index (χ2n) is 4.25. The lowest BCUT2D eigenvalue weighted by molar-refractivity contribution is 0.517. The minimum Gasteiger partial charge on any atom is -0.469 e. The summed E-state index contributed by atoms with van der Waals surface area (Å²) in [5.41, 5.74) is 2.62. The molecule has 0 aromatic carbocycles. The van der Waals surface area contributed by atoms with E-state index in [1.54, 1.807) is 17.6 Å². The molecule has 3 heteroatoms. The van der Waals surface area contributed by atoms with Gasteiger partial charge in [0.05, 0.1) is 12.3 Å². The van der Waals surface area contributed by atoms with Crippen LogP contribution in [0.2, 0.25) is 0 Å². The molecule has 0 aliphatic rings. The van der Waals surface area contributed by atoms with Crippen molar-refractivity contribution in [3.63, 3.8) is 0 Å². The van der Waals surface area contributed by atoms with Crippen LogP contribution < -0.4 is 5.32 Å². The lowest BCUT2D eigenvalue weighted by atomic mass is 10.00. The molecule has 17 heavy (non-hydrogen) atoms. The number of nitrogens with one attached hydrogen (secondary N) is 1. The highest BCUT2D eigenvalue weighted by molar-refractivity contribution is 7.10. The summed E-state index contributed by atoms with van der Waals surface area (Å²) >= 11 is 1.80. The predicted octanol–water partition coefficient (Wildman–Crippen LogP) is 4.05. The molecule has 1 unspecified atom stereocenters. The molecule has 2 aromatic heterocycles. The first-order valence-electron chi connectivity index (χ1n) is 6.05. The highest BCUT2D eigenvalue weighted by Gasteiger charge is 2.19. The summed E-state index contributed by atoms with van der Waals surface area (Å²) in [4.78, 5) is 1.37. The van der Waals surface area contributed by atoms with Crippen molar-refractivity contribution < 1.29 is 4.42 Å². The molecule has 1 atom stereocenters. The van der Waals surface area contributed by atoms with Crippen molar-refractivity contribution in [3.05, 3.63) is 45.5 Å². The largest absolute Gasteiger partial charge is 0.469 e. The second-order valence-corrected chi connectivity index (χ2v) is 5.37. The van der Waals surface area contributed by atoms with Crippen LogP contribution in [0.15, 0.2) is 28.2 Å². The van der Waals surface area contributed by atoms with E-state index < -0.39 is 0 Å². The minimum absolute atomic E-state index is 0.264. The first-order chi connectivity index (χ1) is 8.24. The summed E-state index contributed by atoms with van der Waals surface area (Å²) in [5.74, 6) is 1.00. The normalized spacial score (nSPS) is 12.9. The van der Waals surface area contributed by atoms with Crippen molar-refractivity contribution in [2.45, 2.75) is 33.2 Å². The standard InChI is InChI=1S/C14H19NOS/c1-4-7-15-14(12-5-8-16-10(12)2)13-6-9-17-11(13)3/h5-6,8-9,14-15H,4,7H2,1-3H3. The maximum Gasteiger partial charge on any atom is 0.105 e. The molecule has 0 saturated carbocycles. The van der Waals surface area contributed by atoms with Gasteiger partial charge < -0.3 is 9.73 Å². The summed E-state index contributed by atoms with van der Waals surface area (Å²) in [6.07, 6.45) is 2.91. The zero-order valence-electron chi connectivity index (χ0n) is 10.6. The summed E-state index contributed by atoms with van der Waals surface area (Å²) in [6.45, 7) is 7.41. The van der Waals surface area contributed by atoms with Gasteiger partial charge in [-0.15, -0.1) is 11.3 Å². The first kappa shape index (κ1) is 12.4. The molecule has 1 N–H and O–H groups in total. The van der Waals surface area contributed by atoms with E-state index in [1.165, 1.54) is 16.0 Å². The molecule has 92 valence electrons. The third kappa shape index (κ3) is 2.61. The average molecular weight is 249 g/mol. The Balaban J connectivity index is 2.32. The summed E-state index contributed by atoms with van der Waals surface area (Å²) in [5, 5.41) is 5.76. The number of hydrogen-bond acceptors (Lipinski definition) is 3. The molecule has 0 spiro atoms. The van der Waals surface area contributed by atoms with Gasteiger partial charge >= 0.3 is 0 Å². The maximum absolute atomic E-state index is 5.43. The highest BCUT2D eigenvalue weighted by Crippen LogP contribution is 2.30. The van der Waals surface area contributed by atoms with Crippen LogP contribution in [0.25, 0.3) is 0 Å². The fourth-order valence-corrected chi connectivity index (χ4v) is 2.81. The molecule has 0 bridgehead atoms. The number of aryl methyl sites for hydroxylation is 2. The van der Waals surface area contributed by atoms with E-state index in [0.717, 1.165) is 18.7 Å². The van der Waals surface area contributed by atoms with Crippen molar-refractivity contribution >= 4 is 11.3 Å². The molecule has 2 nitrogen and oxygen atoms in total. The SMILES string of the molecule is CCCNC(c1ccoc1C)c1ccsc1C. The van der Waals surface area contributed by atoms with E-state index in [0.29, 0.717) is 0 Å². The van der Waals surface area contributed by atoms with Gasteiger partial charge in [0.1, 0.15) is 5.76 Å². The molecule has 0 fully saturated rings. The molecular weight excluding hydrogens is 230 g/mol. The van der Waals surface area contributed by atoms with Crippen LogP contribution in [0.5, 0.6) is 0 Å². The van der Waals surface area contributed by atoms with Gasteiger partial charge in [0, 0.05) is 10.4 Å². The van der Waals surface area contributed by atoms with Gasteiger partial charge in [-0.3, -0.25) is 0 Å². The summed E-state index contributed by atoms with van der Waals surface area (Å²) < 4.78 is 5.43. The predicted molar refractivity (Wildman–Crippen MR) is 72.6 cm³/mol. The monoisotopic (exact) mass is 249 g/mol. The number of furan rings is 1. The summed E-state index contributed by atoms with van der Waals surface area (Å²) in [6, 6.07) is 4.54. The van der Waals surface area contributed by atoms with Crippen LogP contribution in [0, 0.1) is 13.8 Å². The Labute approximate surface area is 107 Å². The van der Waals surface area contributed by atoms with E-state index in [-0.39, 0.29) is 6.04 Å². The van der Waals surface area contributed by atoms with Crippen molar-refractivity contribution in [1.82, 2.24) is 5.32 Å². The Morgan fingerprint density at radius 2 is 2.12 bits per heavy atom. The first-order valence-corrected chi connectivity index (χ1v) is 6.93. The van der Waals surface area contributed by atoms with E-state index in [4.69, 9.17) is 4.42 Å².